The van der Waals surface area contributed by atoms with Crippen molar-refractivity contribution in [2.45, 2.75) is 50.1 Å². The first-order valence-electron chi connectivity index (χ1n) is 10.8. The van der Waals surface area contributed by atoms with Gasteiger partial charge in [0.2, 0.25) is 5.91 Å². The summed E-state index contributed by atoms with van der Waals surface area (Å²) in [6, 6.07) is 7.49. The highest BCUT2D eigenvalue weighted by Gasteiger charge is 2.52. The molecule has 1 spiro atoms. The van der Waals surface area contributed by atoms with Crippen molar-refractivity contribution < 1.29 is 19.1 Å². The molecular weight excluding hydrogens is 384 g/mol. The minimum absolute atomic E-state index is 0.0478. The summed E-state index contributed by atoms with van der Waals surface area (Å²) in [5, 5.41) is 5.77. The van der Waals surface area contributed by atoms with Gasteiger partial charge in [0.1, 0.15) is 17.8 Å². The Morgan fingerprint density at radius 1 is 1.13 bits per heavy atom. The van der Waals surface area contributed by atoms with Crippen molar-refractivity contribution in [3.8, 4) is 5.75 Å². The van der Waals surface area contributed by atoms with E-state index in [0.717, 1.165) is 55.0 Å². The van der Waals surface area contributed by atoms with E-state index in [4.69, 9.17) is 4.74 Å². The molecule has 162 valence electrons. The summed E-state index contributed by atoms with van der Waals surface area (Å²) in [6.07, 6.45) is 5.45. The SMILES string of the molecule is COc1ccc([C@@H](CNC(=O)CN2C(=O)NC3(CCCC3)C2=O)N2CCCC2)cc1. The average molecular weight is 415 g/mol. The fourth-order valence-corrected chi connectivity index (χ4v) is 4.88. The molecule has 2 N–H and O–H groups in total. The van der Waals surface area contributed by atoms with Crippen LogP contribution in [0, 0.1) is 0 Å². The first-order valence-corrected chi connectivity index (χ1v) is 10.8. The molecule has 0 bridgehead atoms. The standard InChI is InChI=1S/C22H30N4O4/c1-30-17-8-6-16(7-9-17)18(25-12-4-5-13-25)14-23-19(27)15-26-20(28)22(24-21(26)29)10-2-3-11-22/h6-9,18H,2-5,10-15H2,1H3,(H,23,27)(H,24,29)/t18-/m1/s1. The number of amides is 4. The summed E-state index contributed by atoms with van der Waals surface area (Å²) in [4.78, 5) is 41.1. The van der Waals surface area contributed by atoms with Gasteiger partial charge in [0.05, 0.1) is 13.2 Å². The van der Waals surface area contributed by atoms with Gasteiger partial charge >= 0.3 is 6.03 Å². The third-order valence-electron chi connectivity index (χ3n) is 6.58. The Morgan fingerprint density at radius 2 is 1.80 bits per heavy atom. The van der Waals surface area contributed by atoms with Crippen molar-refractivity contribution in [1.82, 2.24) is 20.4 Å². The Hall–Kier alpha value is -2.61. The van der Waals surface area contributed by atoms with Crippen LogP contribution in [-0.4, -0.2) is 66.5 Å². The second-order valence-electron chi connectivity index (χ2n) is 8.45. The molecule has 0 radical (unpaired) electrons. The molecule has 3 aliphatic rings. The maximum atomic E-state index is 12.7. The molecule has 1 aromatic rings. The molecule has 8 nitrogen and oxygen atoms in total. The number of likely N-dealkylation sites (tertiary alicyclic amines) is 1. The van der Waals surface area contributed by atoms with E-state index < -0.39 is 11.6 Å². The van der Waals surface area contributed by atoms with Gasteiger partial charge in [0.15, 0.2) is 0 Å². The predicted octanol–water partition coefficient (Wildman–Crippen LogP) is 1.81. The molecular formula is C22H30N4O4. The van der Waals surface area contributed by atoms with Crippen LogP contribution in [0.15, 0.2) is 24.3 Å². The van der Waals surface area contributed by atoms with E-state index in [-0.39, 0.29) is 24.4 Å². The zero-order valence-electron chi connectivity index (χ0n) is 17.5. The number of methoxy groups -OCH3 is 1. The highest BCUT2D eigenvalue weighted by atomic mass is 16.5. The van der Waals surface area contributed by atoms with Crippen LogP contribution in [0.5, 0.6) is 5.75 Å². The number of imide groups is 1. The Kier molecular flexibility index (Phi) is 5.94. The molecule has 8 heteroatoms. The predicted molar refractivity (Wildman–Crippen MR) is 111 cm³/mol. The molecule has 30 heavy (non-hydrogen) atoms. The fraction of sp³-hybridized carbons (Fsp3) is 0.591. The molecule has 2 saturated heterocycles. The molecule has 1 saturated carbocycles. The molecule has 0 unspecified atom stereocenters. The number of nitrogens with one attached hydrogen (secondary N) is 2. The Labute approximate surface area is 176 Å². The van der Waals surface area contributed by atoms with Crippen LogP contribution in [0.4, 0.5) is 4.79 Å². The van der Waals surface area contributed by atoms with Gasteiger partial charge in [-0.25, -0.2) is 4.79 Å². The van der Waals surface area contributed by atoms with Crippen molar-refractivity contribution in [3.63, 3.8) is 0 Å². The van der Waals surface area contributed by atoms with Gasteiger partial charge in [-0.3, -0.25) is 19.4 Å². The number of carbonyl (C=O) groups excluding carboxylic acids is 3. The lowest BCUT2D eigenvalue weighted by molar-refractivity contribution is -0.134. The maximum Gasteiger partial charge on any atom is 0.325 e. The molecule has 1 aliphatic carbocycles. The molecule has 0 aromatic heterocycles. The summed E-state index contributed by atoms with van der Waals surface area (Å²) >= 11 is 0. The molecule has 2 aliphatic heterocycles. The van der Waals surface area contributed by atoms with Crippen LogP contribution < -0.4 is 15.4 Å². The van der Waals surface area contributed by atoms with Crippen LogP contribution >= 0.6 is 0 Å². The number of hydrogen-bond acceptors (Lipinski definition) is 5. The Bertz CT molecular complexity index is 798. The van der Waals surface area contributed by atoms with Gasteiger partial charge in [-0.05, 0) is 56.5 Å². The number of ether oxygens (including phenoxy) is 1. The van der Waals surface area contributed by atoms with Crippen LogP contribution in [0.2, 0.25) is 0 Å². The lowest BCUT2D eigenvalue weighted by Gasteiger charge is -2.28. The van der Waals surface area contributed by atoms with Gasteiger partial charge in [0, 0.05) is 6.54 Å². The molecule has 2 heterocycles. The molecule has 4 rings (SSSR count). The number of carbonyl (C=O) groups is 3. The van der Waals surface area contributed by atoms with E-state index in [1.54, 1.807) is 7.11 Å². The van der Waals surface area contributed by atoms with Crippen LogP contribution in [0.25, 0.3) is 0 Å². The van der Waals surface area contributed by atoms with Crippen molar-refractivity contribution in [3.05, 3.63) is 29.8 Å². The second kappa shape index (κ2) is 8.63. The highest BCUT2D eigenvalue weighted by molar-refractivity contribution is 6.09. The normalized spacial score (nSPS) is 21.8. The van der Waals surface area contributed by atoms with Crippen LogP contribution in [-0.2, 0) is 9.59 Å². The summed E-state index contributed by atoms with van der Waals surface area (Å²) in [6.45, 7) is 2.17. The summed E-state index contributed by atoms with van der Waals surface area (Å²) < 4.78 is 5.25. The van der Waals surface area contributed by atoms with Gasteiger partial charge in [-0.1, -0.05) is 25.0 Å². The van der Waals surface area contributed by atoms with Gasteiger partial charge < -0.3 is 15.4 Å². The van der Waals surface area contributed by atoms with Crippen molar-refractivity contribution in [2.24, 2.45) is 0 Å². The van der Waals surface area contributed by atoms with E-state index in [2.05, 4.69) is 15.5 Å². The Morgan fingerprint density at radius 3 is 2.43 bits per heavy atom. The van der Waals surface area contributed by atoms with Crippen LogP contribution in [0.3, 0.4) is 0 Å². The Balaban J connectivity index is 1.38. The van der Waals surface area contributed by atoms with E-state index in [9.17, 15) is 14.4 Å². The third-order valence-corrected chi connectivity index (χ3v) is 6.58. The molecule has 1 atom stereocenters. The zero-order valence-corrected chi connectivity index (χ0v) is 17.5. The van der Waals surface area contributed by atoms with E-state index in [0.29, 0.717) is 19.4 Å². The maximum absolute atomic E-state index is 12.7. The van der Waals surface area contributed by atoms with Gasteiger partial charge in [-0.2, -0.15) is 0 Å². The lowest BCUT2D eigenvalue weighted by Crippen LogP contribution is -2.46. The molecule has 4 amide bonds. The quantitative estimate of drug-likeness (QED) is 0.664. The number of nitrogens with zero attached hydrogens (tertiary/aromatic N) is 2. The van der Waals surface area contributed by atoms with Crippen molar-refractivity contribution >= 4 is 17.8 Å². The monoisotopic (exact) mass is 414 g/mol. The number of benzene rings is 1. The third kappa shape index (κ3) is 4.01. The van der Waals surface area contributed by atoms with Crippen molar-refractivity contribution in [2.75, 3.05) is 33.3 Å². The molecule has 1 aromatic carbocycles. The summed E-state index contributed by atoms with van der Waals surface area (Å²) in [7, 11) is 1.64. The minimum atomic E-state index is -0.779. The van der Waals surface area contributed by atoms with Crippen LogP contribution in [0.1, 0.15) is 50.1 Å². The number of urea groups is 1. The van der Waals surface area contributed by atoms with Gasteiger partial charge in [0.25, 0.3) is 5.91 Å². The van der Waals surface area contributed by atoms with E-state index in [1.165, 1.54) is 0 Å². The first kappa shape index (κ1) is 20.7. The number of rotatable bonds is 7. The van der Waals surface area contributed by atoms with E-state index in [1.807, 2.05) is 24.3 Å². The largest absolute Gasteiger partial charge is 0.497 e. The van der Waals surface area contributed by atoms with E-state index >= 15 is 0 Å². The molecule has 3 fully saturated rings. The minimum Gasteiger partial charge on any atom is -0.497 e. The zero-order chi connectivity index (χ0) is 21.1. The van der Waals surface area contributed by atoms with Gasteiger partial charge in [-0.15, -0.1) is 0 Å². The first-order chi connectivity index (χ1) is 14.5. The average Bonchev–Trinajstić information content (AvgIpc) is 3.49. The fourth-order valence-electron chi connectivity index (χ4n) is 4.88. The number of hydrogen-bond donors (Lipinski definition) is 2. The highest BCUT2D eigenvalue weighted by Crippen LogP contribution is 2.35. The smallest absolute Gasteiger partial charge is 0.325 e. The lowest BCUT2D eigenvalue weighted by atomic mass is 9.98. The summed E-state index contributed by atoms with van der Waals surface area (Å²) in [5.74, 6) is 0.222. The summed E-state index contributed by atoms with van der Waals surface area (Å²) in [5.41, 5.74) is 0.330. The topological polar surface area (TPSA) is 91.0 Å². The second-order valence-corrected chi connectivity index (χ2v) is 8.45. The van der Waals surface area contributed by atoms with Crippen molar-refractivity contribution in [1.29, 1.82) is 0 Å².